The van der Waals surface area contributed by atoms with Crippen molar-refractivity contribution >= 4 is 51.5 Å². The average Bonchev–Trinajstić information content (AvgIpc) is 2.95. The van der Waals surface area contributed by atoms with Gasteiger partial charge in [0.25, 0.3) is 0 Å². The summed E-state index contributed by atoms with van der Waals surface area (Å²) >= 11 is 0. The largest absolute Gasteiger partial charge is 0.368 e. The monoisotopic (exact) mass is 373 g/mol. The number of nitrogens with one attached hydrogen (secondary N) is 1. The Hall–Kier alpha value is -2.28. The van der Waals surface area contributed by atoms with Gasteiger partial charge in [-0.05, 0) is 28.0 Å². The highest BCUT2D eigenvalue weighted by Crippen LogP contribution is 2.26. The highest BCUT2D eigenvalue weighted by Gasteiger charge is 2.13. The predicted molar refractivity (Wildman–Crippen MR) is 95.5 cm³/mol. The van der Waals surface area contributed by atoms with Crippen LogP contribution < -0.4 is 16.8 Å². The number of aromatic nitrogens is 3. The summed E-state index contributed by atoms with van der Waals surface area (Å²) in [6, 6.07) is -0.432. The van der Waals surface area contributed by atoms with Crippen LogP contribution in [0.4, 0.5) is 10.7 Å². The Morgan fingerprint density at radius 2 is 2.29 bits per heavy atom. The normalized spacial score (nSPS) is 11.7. The molecule has 0 unspecified atom stereocenters. The van der Waals surface area contributed by atoms with Crippen molar-refractivity contribution in [3.8, 4) is 0 Å². The van der Waals surface area contributed by atoms with E-state index in [4.69, 9.17) is 11.5 Å². The number of carbonyl (C=O) groups is 2. The fraction of sp³-hybridized carbons (Fsp3) is 0.455. The minimum atomic E-state index is -0.432. The summed E-state index contributed by atoms with van der Waals surface area (Å²) in [6.45, 7) is 2.57. The van der Waals surface area contributed by atoms with E-state index in [1.165, 1.54) is 12.6 Å². The number of nitrogen functional groups attached to an aromatic ring is 1. The molecule has 0 bridgehead atoms. The molecule has 0 aliphatic carbocycles. The zero-order chi connectivity index (χ0) is 17.9. The third kappa shape index (κ3) is 6.08. The highest BCUT2D eigenvalue weighted by atomic mass is 33.1. The molecule has 0 saturated carbocycles. The number of nitrogens with two attached hydrogens (primary N) is 2. The SMILES string of the molecule is CCCCNC(=O)n1nc(SS/C=N/N(C=O)C(N)=NC)nc1N. The van der Waals surface area contributed by atoms with Gasteiger partial charge in [0.2, 0.25) is 23.5 Å². The third-order valence-corrected chi connectivity index (χ3v) is 4.11. The Balaban J connectivity index is 2.56. The molecular weight excluding hydrogens is 354 g/mol. The summed E-state index contributed by atoms with van der Waals surface area (Å²) in [5.41, 5.74) is 12.5. The van der Waals surface area contributed by atoms with Gasteiger partial charge in [-0.15, -0.1) is 9.78 Å². The van der Waals surface area contributed by atoms with Gasteiger partial charge in [0.15, 0.2) is 0 Å². The Morgan fingerprint density at radius 3 is 2.92 bits per heavy atom. The molecule has 0 saturated heterocycles. The summed E-state index contributed by atoms with van der Waals surface area (Å²) in [5, 5.41) is 11.6. The molecule has 0 aliphatic rings. The Bertz CT molecular complexity index is 617. The number of unbranched alkanes of at least 4 members (excludes halogenated alkanes) is 1. The maximum Gasteiger partial charge on any atom is 0.345 e. The lowest BCUT2D eigenvalue weighted by molar-refractivity contribution is -0.114. The van der Waals surface area contributed by atoms with Crippen LogP contribution in [0, 0.1) is 0 Å². The zero-order valence-corrected chi connectivity index (χ0v) is 14.9. The van der Waals surface area contributed by atoms with Gasteiger partial charge in [0, 0.05) is 13.6 Å². The number of nitrogens with zero attached hydrogens (tertiary/aromatic N) is 6. The molecular formula is C11H19N9O2S2. The van der Waals surface area contributed by atoms with E-state index in [0.717, 1.165) is 44.1 Å². The number of carbonyl (C=O) groups excluding carboxylic acids is 2. The minimum absolute atomic E-state index is 0.0130. The lowest BCUT2D eigenvalue weighted by Crippen LogP contribution is -2.31. The lowest BCUT2D eigenvalue weighted by atomic mass is 10.3. The van der Waals surface area contributed by atoms with Crippen molar-refractivity contribution in [3.63, 3.8) is 0 Å². The molecule has 132 valence electrons. The van der Waals surface area contributed by atoms with E-state index in [2.05, 4.69) is 25.5 Å². The number of amides is 2. The first-order chi connectivity index (χ1) is 11.5. The van der Waals surface area contributed by atoms with Crippen LogP contribution in [0.25, 0.3) is 0 Å². The molecule has 13 heteroatoms. The first kappa shape index (κ1) is 19.8. The topological polar surface area (TPSA) is 157 Å². The van der Waals surface area contributed by atoms with Gasteiger partial charge in [0.05, 0.1) is 5.55 Å². The van der Waals surface area contributed by atoms with Crippen LogP contribution in [-0.4, -0.2) is 57.3 Å². The van der Waals surface area contributed by atoms with Gasteiger partial charge in [-0.3, -0.25) is 9.79 Å². The molecule has 0 spiro atoms. The summed E-state index contributed by atoms with van der Waals surface area (Å²) in [7, 11) is 3.67. The summed E-state index contributed by atoms with van der Waals surface area (Å²) < 4.78 is 0.995. The van der Waals surface area contributed by atoms with E-state index in [9.17, 15) is 9.59 Å². The van der Waals surface area contributed by atoms with Gasteiger partial charge in [0.1, 0.15) is 0 Å². The van der Waals surface area contributed by atoms with Crippen molar-refractivity contribution in [2.24, 2.45) is 15.8 Å². The highest BCUT2D eigenvalue weighted by molar-refractivity contribution is 8.81. The molecule has 2 amide bonds. The molecule has 1 aromatic heterocycles. The van der Waals surface area contributed by atoms with E-state index in [1.54, 1.807) is 0 Å². The van der Waals surface area contributed by atoms with E-state index in [-0.39, 0.29) is 17.1 Å². The molecule has 0 aromatic carbocycles. The molecule has 5 N–H and O–H groups in total. The van der Waals surface area contributed by atoms with Crippen LogP contribution in [-0.2, 0) is 4.79 Å². The van der Waals surface area contributed by atoms with Gasteiger partial charge >= 0.3 is 6.03 Å². The second-order valence-corrected chi connectivity index (χ2v) is 6.19. The maximum atomic E-state index is 11.9. The lowest BCUT2D eigenvalue weighted by Gasteiger charge is -2.07. The Morgan fingerprint density at radius 1 is 1.54 bits per heavy atom. The summed E-state index contributed by atoms with van der Waals surface area (Å²) in [6.07, 6.45) is 2.26. The van der Waals surface area contributed by atoms with Crippen LogP contribution in [0.2, 0.25) is 0 Å². The van der Waals surface area contributed by atoms with Gasteiger partial charge < -0.3 is 16.8 Å². The zero-order valence-electron chi connectivity index (χ0n) is 13.2. The Labute approximate surface area is 146 Å². The summed E-state index contributed by atoms with van der Waals surface area (Å²) in [5.74, 6) is -0.0526. The predicted octanol–water partition coefficient (Wildman–Crippen LogP) is 0.305. The number of guanidine groups is 1. The fourth-order valence-electron chi connectivity index (χ4n) is 1.31. The number of rotatable bonds is 8. The van der Waals surface area contributed by atoms with Crippen molar-refractivity contribution in [1.29, 1.82) is 0 Å². The number of anilines is 1. The van der Waals surface area contributed by atoms with Crippen LogP contribution in [0.15, 0.2) is 15.3 Å². The van der Waals surface area contributed by atoms with E-state index < -0.39 is 6.03 Å². The van der Waals surface area contributed by atoms with Crippen molar-refractivity contribution in [3.05, 3.63) is 0 Å². The van der Waals surface area contributed by atoms with Crippen LogP contribution >= 0.6 is 21.6 Å². The van der Waals surface area contributed by atoms with Crippen molar-refractivity contribution in [2.45, 2.75) is 24.9 Å². The van der Waals surface area contributed by atoms with Gasteiger partial charge in [-0.1, -0.05) is 13.3 Å². The number of aliphatic imine (C=N–C) groups is 1. The van der Waals surface area contributed by atoms with Crippen LogP contribution in [0.3, 0.4) is 0 Å². The average molecular weight is 373 g/mol. The van der Waals surface area contributed by atoms with E-state index in [0.29, 0.717) is 13.0 Å². The quantitative estimate of drug-likeness (QED) is 0.147. The first-order valence-electron chi connectivity index (χ1n) is 6.86. The van der Waals surface area contributed by atoms with Crippen molar-refractivity contribution < 1.29 is 9.59 Å². The number of hydrazone groups is 1. The molecule has 1 rings (SSSR count). The third-order valence-electron chi connectivity index (χ3n) is 2.51. The number of hydrogen-bond donors (Lipinski definition) is 3. The van der Waals surface area contributed by atoms with E-state index in [1.807, 2.05) is 6.92 Å². The molecule has 24 heavy (non-hydrogen) atoms. The van der Waals surface area contributed by atoms with Crippen LogP contribution in [0.5, 0.6) is 0 Å². The minimum Gasteiger partial charge on any atom is -0.368 e. The Kier molecular flexibility index (Phi) is 8.64. The first-order valence-corrected chi connectivity index (χ1v) is 9.08. The van der Waals surface area contributed by atoms with Crippen molar-refractivity contribution in [1.82, 2.24) is 25.1 Å². The summed E-state index contributed by atoms with van der Waals surface area (Å²) in [4.78, 5) is 30.2. The fourth-order valence-corrected chi connectivity index (χ4v) is 2.54. The number of hydrogen-bond acceptors (Lipinski definition) is 9. The molecule has 0 fully saturated rings. The van der Waals surface area contributed by atoms with Gasteiger partial charge in [-0.25, -0.2) is 4.79 Å². The molecule has 0 aliphatic heterocycles. The second kappa shape index (κ2) is 10.5. The molecule has 0 atom stereocenters. The van der Waals surface area contributed by atoms with Crippen molar-refractivity contribution in [2.75, 3.05) is 19.3 Å². The maximum absolute atomic E-state index is 11.9. The second-order valence-electron chi connectivity index (χ2n) is 4.18. The smallest absolute Gasteiger partial charge is 0.345 e. The van der Waals surface area contributed by atoms with Gasteiger partial charge in [-0.2, -0.15) is 15.1 Å². The molecule has 11 nitrogen and oxygen atoms in total. The molecule has 0 radical (unpaired) electrons. The molecule has 1 heterocycles. The molecule has 1 aromatic rings. The van der Waals surface area contributed by atoms with Crippen LogP contribution in [0.1, 0.15) is 19.8 Å². The standard InChI is InChI=1S/C11H19N9O2S2/c1-3-4-5-15-11(22)20-9(13)17-10(18-20)24-23-6-16-19(7-21)8(12)14-2/h6-7H,3-5H2,1-2H3,(H2,12,14)(H,15,22)(H2,13,17,18)/b16-6+. The van der Waals surface area contributed by atoms with E-state index >= 15 is 0 Å².